The molecule has 4 rings (SSSR count). The van der Waals surface area contributed by atoms with Gasteiger partial charge in [0.15, 0.2) is 0 Å². The van der Waals surface area contributed by atoms with Crippen LogP contribution in [0.3, 0.4) is 0 Å². The second-order valence-corrected chi connectivity index (χ2v) is 6.81. The average molecular weight is 383 g/mol. The van der Waals surface area contributed by atoms with E-state index in [1.54, 1.807) is 0 Å². The zero-order valence-electron chi connectivity index (χ0n) is 15.8. The van der Waals surface area contributed by atoms with Crippen LogP contribution in [0.15, 0.2) is 36.7 Å². The molecule has 2 aromatic rings. The summed E-state index contributed by atoms with van der Waals surface area (Å²) in [6.45, 7) is 4.15. The van der Waals surface area contributed by atoms with Gasteiger partial charge in [0.05, 0.1) is 13.2 Å². The van der Waals surface area contributed by atoms with E-state index in [2.05, 4.69) is 25.2 Å². The SMILES string of the molecule is O=C(Nc1ccccc1)N(c1ncnc(N2CCCCC2)n1)N1CCOCC1. The summed E-state index contributed by atoms with van der Waals surface area (Å²) in [6.07, 6.45) is 4.97. The number of nitrogens with zero attached hydrogens (tertiary/aromatic N) is 6. The first-order valence-electron chi connectivity index (χ1n) is 9.74. The number of anilines is 3. The van der Waals surface area contributed by atoms with Crippen molar-refractivity contribution in [2.24, 2.45) is 0 Å². The van der Waals surface area contributed by atoms with Crippen molar-refractivity contribution in [2.45, 2.75) is 19.3 Å². The van der Waals surface area contributed by atoms with Crippen molar-refractivity contribution in [2.75, 3.05) is 54.6 Å². The summed E-state index contributed by atoms with van der Waals surface area (Å²) in [6, 6.07) is 9.07. The highest BCUT2D eigenvalue weighted by atomic mass is 16.5. The standard InChI is InChI=1S/C19H25N7O2/c27-19(22-16-7-3-1-4-8-16)26(25-11-13-28-14-12-25)18-21-15-20-17(23-18)24-9-5-2-6-10-24/h1,3-4,7-8,15H,2,5-6,9-14H2,(H,22,27). The van der Waals surface area contributed by atoms with Gasteiger partial charge in [0.2, 0.25) is 5.95 Å². The maximum Gasteiger partial charge on any atom is 0.343 e. The highest BCUT2D eigenvalue weighted by Gasteiger charge is 2.28. The van der Waals surface area contributed by atoms with E-state index in [0.717, 1.165) is 31.6 Å². The molecular weight excluding hydrogens is 358 g/mol. The Balaban J connectivity index is 1.60. The van der Waals surface area contributed by atoms with E-state index in [4.69, 9.17) is 4.74 Å². The molecule has 1 aromatic heterocycles. The third-order valence-electron chi connectivity index (χ3n) is 4.86. The Kier molecular flexibility index (Phi) is 5.93. The Morgan fingerprint density at radius 1 is 1.00 bits per heavy atom. The first kappa shape index (κ1) is 18.6. The summed E-state index contributed by atoms with van der Waals surface area (Å²) in [7, 11) is 0. The van der Waals surface area contributed by atoms with Gasteiger partial charge in [-0.1, -0.05) is 18.2 Å². The van der Waals surface area contributed by atoms with Gasteiger partial charge in [0, 0.05) is 31.9 Å². The van der Waals surface area contributed by atoms with Gasteiger partial charge in [-0.2, -0.15) is 15.0 Å². The van der Waals surface area contributed by atoms with Gasteiger partial charge in [-0.05, 0) is 31.4 Å². The molecule has 0 bridgehead atoms. The highest BCUT2D eigenvalue weighted by Crippen LogP contribution is 2.20. The Morgan fingerprint density at radius 2 is 1.75 bits per heavy atom. The van der Waals surface area contributed by atoms with Crippen molar-refractivity contribution in [3.8, 4) is 0 Å². The first-order valence-corrected chi connectivity index (χ1v) is 9.74. The molecular formula is C19H25N7O2. The maximum atomic E-state index is 13.1. The number of aromatic nitrogens is 3. The number of morpholine rings is 1. The molecule has 0 unspecified atom stereocenters. The lowest BCUT2D eigenvalue weighted by molar-refractivity contribution is 0.0359. The number of piperidine rings is 1. The molecule has 2 aliphatic heterocycles. The summed E-state index contributed by atoms with van der Waals surface area (Å²) >= 11 is 0. The first-order chi connectivity index (χ1) is 13.8. The molecule has 2 saturated heterocycles. The molecule has 148 valence electrons. The molecule has 9 nitrogen and oxygen atoms in total. The number of nitrogens with one attached hydrogen (secondary N) is 1. The Morgan fingerprint density at radius 3 is 2.50 bits per heavy atom. The highest BCUT2D eigenvalue weighted by molar-refractivity contribution is 5.99. The zero-order valence-corrected chi connectivity index (χ0v) is 15.8. The van der Waals surface area contributed by atoms with Gasteiger partial charge >= 0.3 is 6.03 Å². The van der Waals surface area contributed by atoms with E-state index in [1.165, 1.54) is 17.8 Å². The smallest absolute Gasteiger partial charge is 0.343 e. The molecule has 1 aromatic carbocycles. The molecule has 2 amide bonds. The second-order valence-electron chi connectivity index (χ2n) is 6.81. The molecule has 0 saturated carbocycles. The fourth-order valence-corrected chi connectivity index (χ4v) is 3.43. The number of hydrogen-bond acceptors (Lipinski definition) is 7. The van der Waals surface area contributed by atoms with Gasteiger partial charge in [-0.25, -0.2) is 14.8 Å². The van der Waals surface area contributed by atoms with Crippen LogP contribution in [0, 0.1) is 0 Å². The van der Waals surface area contributed by atoms with Gasteiger partial charge < -0.3 is 15.0 Å². The van der Waals surface area contributed by atoms with Crippen LogP contribution >= 0.6 is 0 Å². The normalized spacial score (nSPS) is 17.9. The van der Waals surface area contributed by atoms with Crippen LogP contribution in [0.5, 0.6) is 0 Å². The van der Waals surface area contributed by atoms with Crippen LogP contribution in [0.4, 0.5) is 22.4 Å². The number of carbonyl (C=O) groups is 1. The Bertz CT molecular complexity index is 777. The minimum atomic E-state index is -0.302. The fourth-order valence-electron chi connectivity index (χ4n) is 3.43. The van der Waals surface area contributed by atoms with Crippen molar-refractivity contribution in [1.82, 2.24) is 20.0 Å². The van der Waals surface area contributed by atoms with E-state index >= 15 is 0 Å². The minimum Gasteiger partial charge on any atom is -0.379 e. The number of hydrazine groups is 1. The summed E-state index contributed by atoms with van der Waals surface area (Å²) in [5.41, 5.74) is 0.719. The topological polar surface area (TPSA) is 86.7 Å². The number of urea groups is 1. The molecule has 2 fully saturated rings. The molecule has 3 heterocycles. The van der Waals surface area contributed by atoms with Gasteiger partial charge in [-0.3, -0.25) is 0 Å². The molecule has 0 aliphatic carbocycles. The molecule has 0 radical (unpaired) electrons. The van der Waals surface area contributed by atoms with E-state index < -0.39 is 0 Å². The molecule has 9 heteroatoms. The number of benzene rings is 1. The molecule has 0 spiro atoms. The van der Waals surface area contributed by atoms with E-state index in [0.29, 0.717) is 38.2 Å². The van der Waals surface area contributed by atoms with Crippen molar-refractivity contribution >= 4 is 23.6 Å². The maximum absolute atomic E-state index is 13.1. The van der Waals surface area contributed by atoms with Crippen molar-refractivity contribution in [3.05, 3.63) is 36.7 Å². The lowest BCUT2D eigenvalue weighted by Gasteiger charge is -2.35. The second kappa shape index (κ2) is 8.94. The third-order valence-corrected chi connectivity index (χ3v) is 4.86. The monoisotopic (exact) mass is 383 g/mol. The summed E-state index contributed by atoms with van der Waals surface area (Å²) in [5, 5.41) is 6.35. The lowest BCUT2D eigenvalue weighted by atomic mass is 10.1. The van der Waals surface area contributed by atoms with Crippen LogP contribution in [0.1, 0.15) is 19.3 Å². The van der Waals surface area contributed by atoms with E-state index in [-0.39, 0.29) is 6.03 Å². The minimum absolute atomic E-state index is 0.302. The van der Waals surface area contributed by atoms with Gasteiger partial charge in [0.1, 0.15) is 6.33 Å². The number of rotatable bonds is 4. The van der Waals surface area contributed by atoms with Gasteiger partial charge in [-0.15, -0.1) is 0 Å². The molecule has 28 heavy (non-hydrogen) atoms. The van der Waals surface area contributed by atoms with Crippen molar-refractivity contribution in [1.29, 1.82) is 0 Å². The van der Waals surface area contributed by atoms with Crippen LogP contribution in [-0.4, -0.2) is 65.4 Å². The number of ether oxygens (including phenoxy) is 1. The van der Waals surface area contributed by atoms with E-state index in [1.807, 2.05) is 35.3 Å². The quantitative estimate of drug-likeness (QED) is 0.866. The largest absolute Gasteiger partial charge is 0.379 e. The number of para-hydroxylation sites is 1. The summed E-state index contributed by atoms with van der Waals surface area (Å²) in [5.74, 6) is 0.946. The van der Waals surface area contributed by atoms with Crippen molar-refractivity contribution < 1.29 is 9.53 Å². The average Bonchev–Trinajstić information content (AvgIpc) is 2.76. The van der Waals surface area contributed by atoms with Crippen molar-refractivity contribution in [3.63, 3.8) is 0 Å². The summed E-state index contributed by atoms with van der Waals surface area (Å²) in [4.78, 5) is 28.5. The summed E-state index contributed by atoms with van der Waals surface area (Å²) < 4.78 is 5.44. The van der Waals surface area contributed by atoms with Crippen LogP contribution in [-0.2, 0) is 4.74 Å². The van der Waals surface area contributed by atoms with Crippen LogP contribution in [0.2, 0.25) is 0 Å². The number of amides is 2. The van der Waals surface area contributed by atoms with Gasteiger partial charge in [0.25, 0.3) is 5.95 Å². The molecule has 0 atom stereocenters. The van der Waals surface area contributed by atoms with E-state index in [9.17, 15) is 4.79 Å². The van der Waals surface area contributed by atoms with Crippen LogP contribution < -0.4 is 15.2 Å². The number of carbonyl (C=O) groups excluding carboxylic acids is 1. The predicted molar refractivity (Wildman–Crippen MR) is 106 cm³/mol. The Hall–Kier alpha value is -2.78. The third kappa shape index (κ3) is 4.37. The zero-order chi connectivity index (χ0) is 19.2. The van der Waals surface area contributed by atoms with Crippen LogP contribution in [0.25, 0.3) is 0 Å². The molecule has 2 aliphatic rings. The lowest BCUT2D eigenvalue weighted by Crippen LogP contribution is -2.54. The molecule has 1 N–H and O–H groups in total. The fraction of sp³-hybridized carbons (Fsp3) is 0.474. The number of hydrogen-bond donors (Lipinski definition) is 1. The Labute approximate surface area is 164 Å². The predicted octanol–water partition coefficient (Wildman–Crippen LogP) is 2.15.